The first-order chi connectivity index (χ1) is 17.4. The lowest BCUT2D eigenvalue weighted by Gasteiger charge is -2.09. The molecule has 5 heterocycles. The predicted octanol–water partition coefficient (Wildman–Crippen LogP) is 7.89. The third kappa shape index (κ3) is 2.56. The Balaban J connectivity index is 1.46. The van der Waals surface area contributed by atoms with E-state index in [1.165, 1.54) is 37.1 Å². The van der Waals surface area contributed by atoms with Crippen LogP contribution in [0.5, 0.6) is 0 Å². The van der Waals surface area contributed by atoms with Crippen molar-refractivity contribution in [3.05, 3.63) is 109 Å². The summed E-state index contributed by atoms with van der Waals surface area (Å²) in [7, 11) is 0. The first kappa shape index (κ1) is 18.9. The minimum Gasteiger partial charge on any atom is -0.294 e. The van der Waals surface area contributed by atoms with Crippen LogP contribution in [0.25, 0.3) is 65.3 Å². The average molecular weight is 467 g/mol. The smallest absolute Gasteiger partial charge is 0.145 e. The van der Waals surface area contributed by atoms with Crippen LogP contribution in [0.1, 0.15) is 0 Å². The quantitative estimate of drug-likeness (QED) is 0.260. The van der Waals surface area contributed by atoms with Gasteiger partial charge in [-0.1, -0.05) is 36.4 Å². The van der Waals surface area contributed by atoms with Crippen molar-refractivity contribution < 1.29 is 0 Å². The van der Waals surface area contributed by atoms with Crippen molar-refractivity contribution in [1.82, 2.24) is 19.1 Å². The van der Waals surface area contributed by atoms with Crippen molar-refractivity contribution in [3.8, 4) is 11.4 Å². The van der Waals surface area contributed by atoms with Crippen molar-refractivity contribution in [2.75, 3.05) is 0 Å². The molecular weight excluding hydrogens is 448 g/mol. The second-order valence-corrected chi connectivity index (χ2v) is 9.67. The van der Waals surface area contributed by atoms with Gasteiger partial charge in [0.15, 0.2) is 0 Å². The molecule has 0 amide bonds. The summed E-state index contributed by atoms with van der Waals surface area (Å²) >= 11 is 1.77. The van der Waals surface area contributed by atoms with Crippen LogP contribution in [0.3, 0.4) is 0 Å². The molecule has 164 valence electrons. The molecule has 0 aliphatic heterocycles. The van der Waals surface area contributed by atoms with E-state index in [2.05, 4.69) is 93.4 Å². The van der Waals surface area contributed by atoms with Gasteiger partial charge in [-0.2, -0.15) is 0 Å². The molecule has 3 aromatic carbocycles. The topological polar surface area (TPSA) is 35.6 Å². The van der Waals surface area contributed by atoms with E-state index in [-0.39, 0.29) is 0 Å². The third-order valence-electron chi connectivity index (χ3n) is 6.90. The summed E-state index contributed by atoms with van der Waals surface area (Å²) in [5.41, 5.74) is 6.56. The number of hydrogen-bond acceptors (Lipinski definition) is 3. The van der Waals surface area contributed by atoms with Gasteiger partial charge in [-0.05, 0) is 54.6 Å². The van der Waals surface area contributed by atoms with Gasteiger partial charge in [0.25, 0.3) is 0 Å². The van der Waals surface area contributed by atoms with Gasteiger partial charge < -0.3 is 0 Å². The second-order valence-electron chi connectivity index (χ2n) is 8.76. The number of nitrogens with zero attached hydrogens (tertiary/aromatic N) is 4. The zero-order valence-corrected chi connectivity index (χ0v) is 19.4. The second kappa shape index (κ2) is 7.01. The summed E-state index contributed by atoms with van der Waals surface area (Å²) in [4.78, 5) is 9.55. The highest BCUT2D eigenvalue weighted by molar-refractivity contribution is 7.17. The maximum Gasteiger partial charge on any atom is 0.145 e. The summed E-state index contributed by atoms with van der Waals surface area (Å²) < 4.78 is 5.83. The summed E-state index contributed by atoms with van der Waals surface area (Å²) in [6.07, 6.45) is 3.75. The Morgan fingerprint density at radius 1 is 0.543 bits per heavy atom. The molecule has 0 unspecified atom stereocenters. The van der Waals surface area contributed by atoms with Crippen LogP contribution in [0.4, 0.5) is 0 Å². The highest BCUT2D eigenvalue weighted by atomic mass is 32.1. The molecule has 0 aliphatic rings. The van der Waals surface area contributed by atoms with Gasteiger partial charge in [0, 0.05) is 55.1 Å². The Morgan fingerprint density at radius 2 is 1.14 bits per heavy atom. The minimum atomic E-state index is 0.975. The molecule has 8 aromatic rings. The number of fused-ring (bicyclic) bond motifs is 7. The Kier molecular flexibility index (Phi) is 3.78. The monoisotopic (exact) mass is 466 g/mol. The minimum absolute atomic E-state index is 0.975. The van der Waals surface area contributed by atoms with Crippen molar-refractivity contribution in [2.24, 2.45) is 0 Å². The zero-order valence-electron chi connectivity index (χ0n) is 18.6. The summed E-state index contributed by atoms with van der Waals surface area (Å²) in [6, 6.07) is 32.1. The Morgan fingerprint density at radius 3 is 1.86 bits per heavy atom. The van der Waals surface area contributed by atoms with Crippen molar-refractivity contribution in [1.29, 1.82) is 0 Å². The molecule has 0 N–H and O–H groups in total. The maximum absolute atomic E-state index is 4.79. The number of aromatic nitrogens is 4. The number of hydrogen-bond donors (Lipinski definition) is 0. The van der Waals surface area contributed by atoms with E-state index in [1.807, 2.05) is 24.5 Å². The van der Waals surface area contributed by atoms with E-state index < -0.39 is 0 Å². The molecule has 0 radical (unpaired) electrons. The maximum atomic E-state index is 4.79. The molecule has 35 heavy (non-hydrogen) atoms. The van der Waals surface area contributed by atoms with Crippen LogP contribution < -0.4 is 0 Å². The van der Waals surface area contributed by atoms with Gasteiger partial charge in [-0.15, -0.1) is 11.3 Å². The third-order valence-corrected chi connectivity index (χ3v) is 7.85. The Bertz CT molecular complexity index is 1970. The van der Waals surface area contributed by atoms with E-state index in [9.17, 15) is 0 Å². The van der Waals surface area contributed by atoms with E-state index >= 15 is 0 Å². The lowest BCUT2D eigenvalue weighted by Crippen LogP contribution is -1.97. The predicted molar refractivity (Wildman–Crippen MR) is 146 cm³/mol. The van der Waals surface area contributed by atoms with Gasteiger partial charge in [0.1, 0.15) is 11.3 Å². The van der Waals surface area contributed by atoms with Gasteiger partial charge in [-0.3, -0.25) is 9.13 Å². The first-order valence-corrected chi connectivity index (χ1v) is 12.5. The fraction of sp³-hybridized carbons (Fsp3) is 0. The molecule has 5 aromatic heterocycles. The molecule has 4 nitrogen and oxygen atoms in total. The van der Waals surface area contributed by atoms with Gasteiger partial charge in [0.05, 0.1) is 16.7 Å². The molecule has 0 saturated heterocycles. The summed E-state index contributed by atoms with van der Waals surface area (Å²) in [5.74, 6) is 0. The van der Waals surface area contributed by atoms with E-state index in [0.717, 1.165) is 28.2 Å². The molecule has 0 fully saturated rings. The molecule has 0 bridgehead atoms. The molecule has 0 aliphatic carbocycles. The lowest BCUT2D eigenvalue weighted by molar-refractivity contribution is 1.13. The largest absolute Gasteiger partial charge is 0.294 e. The fourth-order valence-corrected chi connectivity index (χ4v) is 6.32. The van der Waals surface area contributed by atoms with Crippen LogP contribution in [0.15, 0.2) is 109 Å². The van der Waals surface area contributed by atoms with E-state index in [4.69, 9.17) is 9.97 Å². The molecule has 0 spiro atoms. The van der Waals surface area contributed by atoms with Crippen molar-refractivity contribution >= 4 is 65.3 Å². The van der Waals surface area contributed by atoms with Crippen LogP contribution in [0, 0.1) is 0 Å². The van der Waals surface area contributed by atoms with Gasteiger partial charge >= 0.3 is 0 Å². The van der Waals surface area contributed by atoms with Crippen LogP contribution in [-0.4, -0.2) is 19.1 Å². The lowest BCUT2D eigenvalue weighted by atomic mass is 10.2. The van der Waals surface area contributed by atoms with Gasteiger partial charge in [-0.25, -0.2) is 9.97 Å². The van der Waals surface area contributed by atoms with Crippen LogP contribution >= 0.6 is 11.3 Å². The fourth-order valence-electron chi connectivity index (χ4n) is 5.41. The van der Waals surface area contributed by atoms with E-state index in [1.54, 1.807) is 11.3 Å². The van der Waals surface area contributed by atoms with Crippen LogP contribution in [0.2, 0.25) is 0 Å². The van der Waals surface area contributed by atoms with Gasteiger partial charge in [0.2, 0.25) is 0 Å². The van der Waals surface area contributed by atoms with Crippen LogP contribution in [-0.2, 0) is 0 Å². The normalized spacial score (nSPS) is 12.0. The molecule has 0 atom stereocenters. The highest BCUT2D eigenvalue weighted by Crippen LogP contribution is 2.38. The molecular formula is C30H18N4S. The van der Waals surface area contributed by atoms with Crippen molar-refractivity contribution in [3.63, 3.8) is 0 Å². The zero-order chi connectivity index (χ0) is 22.9. The Labute approximate surface area is 204 Å². The number of para-hydroxylation sites is 2. The average Bonchev–Trinajstić information content (AvgIpc) is 3.58. The molecule has 8 rings (SSSR count). The molecule has 5 heteroatoms. The highest BCUT2D eigenvalue weighted by Gasteiger charge is 2.18. The van der Waals surface area contributed by atoms with Crippen molar-refractivity contribution in [2.45, 2.75) is 0 Å². The number of benzene rings is 3. The Hall–Kier alpha value is -4.48. The standard InChI is InChI=1S/C30H18N4S/c1-3-11-25-20(7-1)22-9-5-15-31-29(22)33(25)19-13-14-28-24(17-19)27(18-35-28)34-26-12-4-2-8-21(26)23-10-6-16-32-30(23)34/h1-18H. The summed E-state index contributed by atoms with van der Waals surface area (Å²) in [5, 5.41) is 8.23. The summed E-state index contributed by atoms with van der Waals surface area (Å²) in [6.45, 7) is 0. The first-order valence-electron chi connectivity index (χ1n) is 11.6. The number of rotatable bonds is 2. The SMILES string of the molecule is c1ccc2c(c1)c1cccnc1n2-c1ccc2scc(-n3c4ccccc4c4cccnc43)c2c1. The van der Waals surface area contributed by atoms with E-state index in [0.29, 0.717) is 0 Å². The molecule has 0 saturated carbocycles. The number of thiophene rings is 1. The number of pyridine rings is 2.